The van der Waals surface area contributed by atoms with Crippen molar-refractivity contribution in [2.24, 2.45) is 0 Å². The van der Waals surface area contributed by atoms with Crippen molar-refractivity contribution in [2.45, 2.75) is 0 Å². The van der Waals surface area contributed by atoms with Crippen molar-refractivity contribution in [3.63, 3.8) is 0 Å². The Labute approximate surface area is 84.2 Å². The number of benzene rings is 1. The second-order valence-corrected chi connectivity index (χ2v) is 3.40. The highest BCUT2D eigenvalue weighted by atomic mass is 32.1. The van der Waals surface area contributed by atoms with Gasteiger partial charge in [-0.15, -0.1) is 0 Å². The summed E-state index contributed by atoms with van der Waals surface area (Å²) >= 11 is 1.31. The Balaban J connectivity index is 2.48. The van der Waals surface area contributed by atoms with Crippen molar-refractivity contribution in [1.29, 1.82) is 0 Å². The van der Waals surface area contributed by atoms with E-state index in [9.17, 15) is 9.18 Å². The normalized spacial score (nSPS) is 10.1. The summed E-state index contributed by atoms with van der Waals surface area (Å²) in [6, 6.07) is 6.26. The number of carbonyl (C=O) groups is 1. The molecule has 0 N–H and O–H groups in total. The molecule has 0 amide bonds. The molecule has 0 aliphatic rings. The lowest BCUT2D eigenvalue weighted by atomic mass is 10.1. The van der Waals surface area contributed by atoms with E-state index in [0.717, 1.165) is 5.69 Å². The van der Waals surface area contributed by atoms with Crippen LogP contribution in [0.2, 0.25) is 0 Å². The number of hydrogen-bond donors (Lipinski definition) is 0. The fourth-order valence-corrected chi connectivity index (χ4v) is 1.67. The highest BCUT2D eigenvalue weighted by Crippen LogP contribution is 2.20. The van der Waals surface area contributed by atoms with Crippen molar-refractivity contribution < 1.29 is 9.18 Å². The second-order valence-electron chi connectivity index (χ2n) is 2.74. The second kappa shape index (κ2) is 3.67. The minimum Gasteiger partial charge on any atom is -0.298 e. The van der Waals surface area contributed by atoms with Gasteiger partial charge in [-0.1, -0.05) is 6.07 Å². The lowest BCUT2D eigenvalue weighted by Gasteiger charge is -1.98. The van der Waals surface area contributed by atoms with E-state index in [1.165, 1.54) is 23.7 Å². The lowest BCUT2D eigenvalue weighted by molar-refractivity contribution is 0.112. The van der Waals surface area contributed by atoms with Gasteiger partial charge in [-0.3, -0.25) is 4.79 Å². The summed E-state index contributed by atoms with van der Waals surface area (Å²) in [7, 11) is 0. The average Bonchev–Trinajstić information content (AvgIpc) is 2.70. The number of halogens is 1. The minimum atomic E-state index is -0.509. The third kappa shape index (κ3) is 1.56. The van der Waals surface area contributed by atoms with Gasteiger partial charge in [0.15, 0.2) is 6.29 Å². The molecule has 0 atom stereocenters. The third-order valence-electron chi connectivity index (χ3n) is 1.86. The fourth-order valence-electron chi connectivity index (χ4n) is 1.14. The van der Waals surface area contributed by atoms with Crippen LogP contribution in [0, 0.1) is 5.82 Å². The predicted octanol–water partition coefficient (Wildman–Crippen LogP) is 2.76. The van der Waals surface area contributed by atoms with E-state index in [0.29, 0.717) is 11.8 Å². The van der Waals surface area contributed by atoms with E-state index < -0.39 is 5.82 Å². The molecular weight excluding hydrogens is 201 g/mol. The van der Waals surface area contributed by atoms with Crippen LogP contribution in [0.15, 0.2) is 29.6 Å². The van der Waals surface area contributed by atoms with Crippen LogP contribution in [0.3, 0.4) is 0 Å². The summed E-state index contributed by atoms with van der Waals surface area (Å²) in [6.07, 6.45) is 0.500. The molecule has 0 aliphatic heterocycles. The van der Waals surface area contributed by atoms with Crippen LogP contribution < -0.4 is 0 Å². The maximum absolute atomic E-state index is 13.2. The van der Waals surface area contributed by atoms with E-state index >= 15 is 0 Å². The Morgan fingerprint density at radius 3 is 2.79 bits per heavy atom. The van der Waals surface area contributed by atoms with E-state index in [4.69, 9.17) is 0 Å². The van der Waals surface area contributed by atoms with Crippen molar-refractivity contribution in [3.8, 4) is 11.3 Å². The van der Waals surface area contributed by atoms with Crippen LogP contribution in [-0.4, -0.2) is 10.7 Å². The molecule has 0 saturated heterocycles. The summed E-state index contributed by atoms with van der Waals surface area (Å²) in [4.78, 5) is 10.4. The molecule has 4 heteroatoms. The van der Waals surface area contributed by atoms with E-state index in [1.807, 2.05) is 5.38 Å². The average molecular weight is 207 g/mol. The molecule has 14 heavy (non-hydrogen) atoms. The Kier molecular flexibility index (Phi) is 2.37. The van der Waals surface area contributed by atoms with Crippen molar-refractivity contribution in [3.05, 3.63) is 41.0 Å². The smallest absolute Gasteiger partial charge is 0.152 e. The predicted molar refractivity (Wildman–Crippen MR) is 52.9 cm³/mol. The maximum atomic E-state index is 13.2. The number of rotatable bonds is 2. The first-order valence-electron chi connectivity index (χ1n) is 3.97. The first-order chi connectivity index (χ1) is 6.81. The molecule has 2 aromatic rings. The number of carbonyl (C=O) groups excluding carboxylic acids is 1. The van der Waals surface area contributed by atoms with Crippen LogP contribution in [0.5, 0.6) is 0 Å². The van der Waals surface area contributed by atoms with Gasteiger partial charge in [-0.05, 0) is 29.7 Å². The molecule has 0 fully saturated rings. The van der Waals surface area contributed by atoms with Crippen molar-refractivity contribution >= 4 is 17.8 Å². The molecule has 1 aromatic carbocycles. The van der Waals surface area contributed by atoms with Crippen LogP contribution in [-0.2, 0) is 0 Å². The Hall–Kier alpha value is -1.55. The highest BCUT2D eigenvalue weighted by molar-refractivity contribution is 7.03. The van der Waals surface area contributed by atoms with Crippen molar-refractivity contribution in [2.75, 3.05) is 0 Å². The molecule has 1 heterocycles. The standard InChI is InChI=1S/C10H6FNOS/c11-9-5-7(1-2-8(9)6-13)10-3-4-14-12-10/h1-6H. The molecule has 0 unspecified atom stereocenters. The third-order valence-corrected chi connectivity index (χ3v) is 2.42. The monoisotopic (exact) mass is 207 g/mol. The SMILES string of the molecule is O=Cc1ccc(-c2ccsn2)cc1F. The van der Waals surface area contributed by atoms with Crippen LogP contribution in [0.4, 0.5) is 4.39 Å². The molecule has 2 nitrogen and oxygen atoms in total. The Morgan fingerprint density at radius 1 is 1.36 bits per heavy atom. The zero-order valence-electron chi connectivity index (χ0n) is 7.11. The molecule has 0 saturated carbocycles. The molecule has 0 bridgehead atoms. The summed E-state index contributed by atoms with van der Waals surface area (Å²) in [5.74, 6) is -0.509. The first kappa shape index (κ1) is 9.02. The van der Waals surface area contributed by atoms with Gasteiger partial charge in [0.05, 0.1) is 11.3 Å². The van der Waals surface area contributed by atoms with Gasteiger partial charge in [-0.25, -0.2) is 4.39 Å². The fraction of sp³-hybridized carbons (Fsp3) is 0. The molecule has 2 rings (SSSR count). The molecule has 1 aromatic heterocycles. The van der Waals surface area contributed by atoms with Gasteiger partial charge >= 0.3 is 0 Å². The maximum Gasteiger partial charge on any atom is 0.152 e. The van der Waals surface area contributed by atoms with Crippen LogP contribution >= 0.6 is 11.5 Å². The first-order valence-corrected chi connectivity index (χ1v) is 4.80. The van der Waals surface area contributed by atoms with Crippen LogP contribution in [0.1, 0.15) is 10.4 Å². The lowest BCUT2D eigenvalue weighted by Crippen LogP contribution is -1.88. The molecular formula is C10H6FNOS. The van der Waals surface area contributed by atoms with E-state index in [2.05, 4.69) is 4.37 Å². The highest BCUT2D eigenvalue weighted by Gasteiger charge is 2.05. The van der Waals surface area contributed by atoms with Gasteiger partial charge in [-0.2, -0.15) is 4.37 Å². The largest absolute Gasteiger partial charge is 0.298 e. The summed E-state index contributed by atoms with van der Waals surface area (Å²) in [6.45, 7) is 0. The minimum absolute atomic E-state index is 0.0731. The molecule has 70 valence electrons. The summed E-state index contributed by atoms with van der Waals surface area (Å²) in [5, 5.41) is 1.82. The Bertz CT molecular complexity index is 453. The zero-order valence-corrected chi connectivity index (χ0v) is 7.92. The van der Waals surface area contributed by atoms with Gasteiger partial charge < -0.3 is 0 Å². The van der Waals surface area contributed by atoms with Crippen LogP contribution in [0.25, 0.3) is 11.3 Å². The zero-order chi connectivity index (χ0) is 9.97. The molecule has 0 radical (unpaired) electrons. The molecule has 0 spiro atoms. The van der Waals surface area contributed by atoms with Gasteiger partial charge in [0.1, 0.15) is 5.82 Å². The summed E-state index contributed by atoms with van der Waals surface area (Å²) in [5.41, 5.74) is 1.49. The van der Waals surface area contributed by atoms with E-state index in [1.54, 1.807) is 12.1 Å². The number of aldehydes is 1. The van der Waals surface area contributed by atoms with Gasteiger partial charge in [0.2, 0.25) is 0 Å². The number of nitrogens with zero attached hydrogens (tertiary/aromatic N) is 1. The number of hydrogen-bond acceptors (Lipinski definition) is 3. The van der Waals surface area contributed by atoms with Gasteiger partial charge in [0.25, 0.3) is 0 Å². The van der Waals surface area contributed by atoms with Gasteiger partial charge in [0, 0.05) is 10.9 Å². The molecule has 0 aliphatic carbocycles. The quantitative estimate of drug-likeness (QED) is 0.709. The van der Waals surface area contributed by atoms with Crippen molar-refractivity contribution in [1.82, 2.24) is 4.37 Å². The van der Waals surface area contributed by atoms with E-state index in [-0.39, 0.29) is 5.56 Å². The number of aromatic nitrogens is 1. The summed E-state index contributed by atoms with van der Waals surface area (Å²) < 4.78 is 17.3. The Morgan fingerprint density at radius 2 is 2.21 bits per heavy atom. The topological polar surface area (TPSA) is 30.0 Å².